The molecule has 0 aliphatic carbocycles. The van der Waals surface area contributed by atoms with E-state index in [1.165, 1.54) is 6.42 Å². The third-order valence-electron chi connectivity index (χ3n) is 10.5. The molecule has 0 unspecified atom stereocenters. The molecule has 0 spiro atoms. The van der Waals surface area contributed by atoms with Crippen LogP contribution < -0.4 is 5.32 Å². The van der Waals surface area contributed by atoms with E-state index >= 15 is 0 Å². The number of aliphatic carboxylic acids is 1. The van der Waals surface area contributed by atoms with Gasteiger partial charge in [0, 0.05) is 99.3 Å². The standard InChI is InChI=1S/2C13H24N2O3.C11H19NO4.C8H16N2O.C3H8.CH4.2ClH/c2*1-13(2,3)18-12(17)15-8-6-10(7-9-15)11(16)14(4)5;1-11(2,3)16-10(15)12-6-4-8(5-7-12)9(13)14;1-10(2)8(11)7-3-5-9-6-4-7;1-3-2;;;/h2*10H,6-9H2,1-5H3;8H,4-7H2,1-3H3,(H,13,14);7,9H,3-6H2,1-2H3;3H2,1-2H3;1H4;2*1H. The van der Waals surface area contributed by atoms with Crippen molar-refractivity contribution in [3.05, 3.63) is 0 Å². The Morgan fingerprint density at radius 1 is 0.464 bits per heavy atom. The maximum Gasteiger partial charge on any atom is 0.410 e. The van der Waals surface area contributed by atoms with Crippen LogP contribution in [0.25, 0.3) is 0 Å². The summed E-state index contributed by atoms with van der Waals surface area (Å²) in [6.45, 7) is 26.1. The molecule has 0 radical (unpaired) electrons. The number of hydrogen-bond donors (Lipinski definition) is 2. The van der Waals surface area contributed by atoms with Gasteiger partial charge < -0.3 is 54.0 Å². The Bertz CT molecular complexity index is 1440. The van der Waals surface area contributed by atoms with Crippen molar-refractivity contribution >= 4 is 66.8 Å². The average molecular weight is 1030 g/mol. The Labute approximate surface area is 429 Å². The van der Waals surface area contributed by atoms with Crippen molar-refractivity contribution in [2.24, 2.45) is 23.7 Å². The molecular weight excluding hydrogens is 933 g/mol. The Hall–Kier alpha value is -3.77. The second kappa shape index (κ2) is 34.5. The molecule has 4 fully saturated rings. The van der Waals surface area contributed by atoms with E-state index in [1.807, 2.05) is 76.4 Å². The molecule has 0 atom stereocenters. The van der Waals surface area contributed by atoms with E-state index in [4.69, 9.17) is 19.3 Å². The van der Waals surface area contributed by atoms with Crippen molar-refractivity contribution in [2.45, 2.75) is 158 Å². The minimum absolute atomic E-state index is 0. The van der Waals surface area contributed by atoms with Crippen LogP contribution in [0.2, 0.25) is 0 Å². The zero-order chi connectivity index (χ0) is 51.2. The highest BCUT2D eigenvalue weighted by molar-refractivity contribution is 5.85. The van der Waals surface area contributed by atoms with Gasteiger partial charge in [0.15, 0.2) is 0 Å². The highest BCUT2D eigenvalue weighted by atomic mass is 35.5. The normalized spacial score (nSPS) is 16.8. The molecular formula is C49H97Cl2N7O11. The number of carbonyl (C=O) groups is 7. The number of likely N-dealkylation sites (tertiary alicyclic amines) is 3. The van der Waals surface area contributed by atoms with Crippen LogP contribution in [-0.2, 0) is 33.4 Å². The molecule has 4 aliphatic heterocycles. The summed E-state index contributed by atoms with van der Waals surface area (Å²) in [7, 11) is 10.7. The molecule has 4 heterocycles. The van der Waals surface area contributed by atoms with Gasteiger partial charge in [0.25, 0.3) is 0 Å². The van der Waals surface area contributed by atoms with E-state index in [-0.39, 0.29) is 91.9 Å². The fourth-order valence-corrected chi connectivity index (χ4v) is 7.07. The Morgan fingerprint density at radius 2 is 0.667 bits per heavy atom. The van der Waals surface area contributed by atoms with E-state index in [0.717, 1.165) is 51.6 Å². The smallest absolute Gasteiger partial charge is 0.410 e. The zero-order valence-corrected chi connectivity index (χ0v) is 46.5. The first kappa shape index (κ1) is 71.8. The van der Waals surface area contributed by atoms with Crippen molar-refractivity contribution in [3.8, 4) is 0 Å². The summed E-state index contributed by atoms with van der Waals surface area (Å²) in [5.74, 6) is -0.157. The number of halogens is 2. The first-order valence-electron chi connectivity index (χ1n) is 23.8. The topological polar surface area (TPSA) is 199 Å². The highest BCUT2D eigenvalue weighted by Crippen LogP contribution is 2.23. The molecule has 20 heteroatoms. The fraction of sp³-hybridized carbons (Fsp3) is 0.857. The summed E-state index contributed by atoms with van der Waals surface area (Å²) in [5.41, 5.74) is -1.43. The van der Waals surface area contributed by atoms with Crippen molar-refractivity contribution in [2.75, 3.05) is 94.6 Å². The monoisotopic (exact) mass is 1030 g/mol. The number of ether oxygens (including phenoxy) is 3. The fourth-order valence-electron chi connectivity index (χ4n) is 7.07. The number of amides is 6. The zero-order valence-electron chi connectivity index (χ0n) is 44.9. The Kier molecular flexibility index (Phi) is 35.9. The number of hydrogen-bond acceptors (Lipinski definition) is 11. The van der Waals surface area contributed by atoms with Gasteiger partial charge in [0.1, 0.15) is 16.8 Å². The molecule has 69 heavy (non-hydrogen) atoms. The SMILES string of the molecule is C.CC(C)(C)OC(=O)N1CCC(C(=O)O)CC1.CCC.CN(C)C(=O)C1CCN(C(=O)OC(C)(C)C)CC1.CN(C)C(=O)C1CCN(C(=O)OC(C)(C)C)CC1.CN(C)C(=O)C1CCNCC1.Cl.Cl. The van der Waals surface area contributed by atoms with Crippen LogP contribution in [-0.4, -0.2) is 188 Å². The van der Waals surface area contributed by atoms with E-state index in [1.54, 1.807) is 57.6 Å². The van der Waals surface area contributed by atoms with Gasteiger partial charge in [-0.25, -0.2) is 14.4 Å². The molecule has 0 saturated carbocycles. The van der Waals surface area contributed by atoms with Crippen molar-refractivity contribution in [1.29, 1.82) is 0 Å². The average Bonchev–Trinajstić information content (AvgIpc) is 3.22. The van der Waals surface area contributed by atoms with Gasteiger partial charge in [0.05, 0.1) is 5.92 Å². The van der Waals surface area contributed by atoms with Crippen molar-refractivity contribution in [1.82, 2.24) is 34.7 Å². The molecule has 2 N–H and O–H groups in total. The minimum atomic E-state index is -0.774. The molecule has 4 aliphatic rings. The van der Waals surface area contributed by atoms with Gasteiger partial charge in [0.2, 0.25) is 17.7 Å². The lowest BCUT2D eigenvalue weighted by Gasteiger charge is -2.33. The number of nitrogens with zero attached hydrogens (tertiary/aromatic N) is 6. The van der Waals surface area contributed by atoms with Crippen LogP contribution in [0.5, 0.6) is 0 Å². The lowest BCUT2D eigenvalue weighted by atomic mass is 9.96. The van der Waals surface area contributed by atoms with Crippen molar-refractivity contribution < 1.29 is 52.9 Å². The van der Waals surface area contributed by atoms with E-state index in [9.17, 15) is 33.6 Å². The van der Waals surface area contributed by atoms with Crippen LogP contribution in [0.3, 0.4) is 0 Å². The lowest BCUT2D eigenvalue weighted by Crippen LogP contribution is -2.44. The van der Waals surface area contributed by atoms with Gasteiger partial charge in [-0.1, -0.05) is 27.7 Å². The van der Waals surface area contributed by atoms with Crippen LogP contribution >= 0.6 is 24.8 Å². The van der Waals surface area contributed by atoms with Gasteiger partial charge in [-0.3, -0.25) is 19.2 Å². The van der Waals surface area contributed by atoms with Gasteiger partial charge in [-0.05, 0) is 127 Å². The number of piperidine rings is 4. The maximum absolute atomic E-state index is 11.8. The maximum atomic E-state index is 11.8. The first-order valence-corrected chi connectivity index (χ1v) is 23.8. The van der Waals surface area contributed by atoms with Gasteiger partial charge in [-0.15, -0.1) is 24.8 Å². The second-order valence-corrected chi connectivity index (χ2v) is 21.0. The lowest BCUT2D eigenvalue weighted by molar-refractivity contribution is -0.143. The predicted octanol–water partition coefficient (Wildman–Crippen LogP) is 8.13. The number of carboxylic acid groups (broad SMARTS) is 1. The summed E-state index contributed by atoms with van der Waals surface area (Å²) in [6, 6.07) is 0. The summed E-state index contributed by atoms with van der Waals surface area (Å²) < 4.78 is 15.8. The predicted molar refractivity (Wildman–Crippen MR) is 278 cm³/mol. The quantitative estimate of drug-likeness (QED) is 0.257. The van der Waals surface area contributed by atoms with Crippen LogP contribution in [0, 0.1) is 23.7 Å². The number of nitrogens with one attached hydrogen (secondary N) is 1. The summed E-state index contributed by atoms with van der Waals surface area (Å²) in [4.78, 5) is 90.9. The van der Waals surface area contributed by atoms with Crippen LogP contribution in [0.4, 0.5) is 14.4 Å². The third kappa shape index (κ3) is 31.2. The first-order chi connectivity index (χ1) is 30.3. The highest BCUT2D eigenvalue weighted by Gasteiger charge is 2.33. The van der Waals surface area contributed by atoms with Crippen molar-refractivity contribution in [3.63, 3.8) is 0 Å². The molecule has 408 valence electrons. The van der Waals surface area contributed by atoms with Gasteiger partial charge >= 0.3 is 24.2 Å². The molecule has 6 amide bonds. The summed E-state index contributed by atoms with van der Waals surface area (Å²) in [5, 5.41) is 12.1. The minimum Gasteiger partial charge on any atom is -0.481 e. The summed E-state index contributed by atoms with van der Waals surface area (Å²) in [6.07, 6.45) is 6.23. The van der Waals surface area contributed by atoms with Crippen LogP contribution in [0.1, 0.15) is 141 Å². The molecule has 0 bridgehead atoms. The molecule has 4 rings (SSSR count). The molecule has 0 aromatic carbocycles. The van der Waals surface area contributed by atoms with Gasteiger partial charge in [-0.2, -0.15) is 0 Å². The Balaban J connectivity index is -0.000000399. The van der Waals surface area contributed by atoms with E-state index in [2.05, 4.69) is 19.2 Å². The molecule has 18 nitrogen and oxygen atoms in total. The molecule has 0 aromatic heterocycles. The second-order valence-electron chi connectivity index (χ2n) is 21.0. The third-order valence-corrected chi connectivity index (χ3v) is 10.5. The van der Waals surface area contributed by atoms with E-state index < -0.39 is 22.8 Å². The van der Waals surface area contributed by atoms with Crippen LogP contribution in [0.15, 0.2) is 0 Å². The molecule has 0 aromatic rings. The summed E-state index contributed by atoms with van der Waals surface area (Å²) >= 11 is 0. The van der Waals surface area contributed by atoms with E-state index in [0.29, 0.717) is 52.1 Å². The molecule has 4 saturated heterocycles. The number of rotatable bonds is 4. The number of carbonyl (C=O) groups excluding carboxylic acids is 6. The largest absolute Gasteiger partial charge is 0.481 e. The number of carboxylic acids is 1. The Morgan fingerprint density at radius 3 is 0.855 bits per heavy atom.